The number of hydrogen-bond acceptors (Lipinski definition) is 8. The highest BCUT2D eigenvalue weighted by Crippen LogP contribution is 2.40. The van der Waals surface area contributed by atoms with Crippen molar-refractivity contribution in [2.75, 3.05) is 14.2 Å². The Morgan fingerprint density at radius 3 is 2.23 bits per heavy atom. The summed E-state index contributed by atoms with van der Waals surface area (Å²) in [5, 5.41) is 0. The summed E-state index contributed by atoms with van der Waals surface area (Å²) in [7, 11) is 3.10. The first-order chi connectivity index (χ1) is 14.5. The Kier molecular flexibility index (Phi) is 5.79. The number of nitrogens with two attached hydrogens (primary N) is 1. The monoisotopic (exact) mass is 441 g/mol. The van der Waals surface area contributed by atoms with Crippen LogP contribution in [-0.4, -0.2) is 52.0 Å². The first kappa shape index (κ1) is 22.7. The summed E-state index contributed by atoms with van der Waals surface area (Å²) in [5.74, 6) is -0.839. The lowest BCUT2D eigenvalue weighted by molar-refractivity contribution is -0.126. The zero-order chi connectivity index (χ0) is 23.0. The highest BCUT2D eigenvalue weighted by Gasteiger charge is 2.51. The van der Waals surface area contributed by atoms with Crippen LogP contribution in [0.5, 0.6) is 11.5 Å². The first-order valence-electron chi connectivity index (χ1n) is 9.43. The molecule has 1 atom stereocenters. The lowest BCUT2D eigenvalue weighted by atomic mass is 9.65. The van der Waals surface area contributed by atoms with Crippen LogP contribution in [0.2, 0.25) is 0 Å². The first-order valence-corrected chi connectivity index (χ1v) is 10.8. The Morgan fingerprint density at radius 2 is 1.65 bits per heavy atom. The van der Waals surface area contributed by atoms with E-state index in [1.807, 2.05) is 0 Å². The Labute approximate surface area is 184 Å². The second-order valence-corrected chi connectivity index (χ2v) is 9.74. The van der Waals surface area contributed by atoms with Gasteiger partial charge in [-0.1, -0.05) is 36.4 Å². The summed E-state index contributed by atoms with van der Waals surface area (Å²) in [6.07, 6.45) is 0. The van der Waals surface area contributed by atoms with Gasteiger partial charge in [0.15, 0.2) is 24.8 Å². The van der Waals surface area contributed by atoms with E-state index in [0.717, 1.165) is 0 Å². The summed E-state index contributed by atoms with van der Waals surface area (Å²) in [6, 6.07) is 13.3. The van der Waals surface area contributed by atoms with Crippen LogP contribution in [0.1, 0.15) is 11.1 Å². The lowest BCUT2D eigenvalue weighted by Crippen LogP contribution is -2.40. The van der Waals surface area contributed by atoms with Crippen molar-refractivity contribution in [3.8, 4) is 11.5 Å². The number of benzene rings is 2. The second-order valence-electron chi connectivity index (χ2n) is 7.64. The maximum Gasteiger partial charge on any atom is 0.304 e. The fourth-order valence-corrected chi connectivity index (χ4v) is 4.25. The third kappa shape index (κ3) is 3.76. The van der Waals surface area contributed by atoms with Crippen molar-refractivity contribution >= 4 is 39.4 Å². The quantitative estimate of drug-likeness (QED) is 0.415. The zero-order valence-corrected chi connectivity index (χ0v) is 18.8. The van der Waals surface area contributed by atoms with Crippen molar-refractivity contribution in [2.45, 2.75) is 10.0 Å². The van der Waals surface area contributed by atoms with Crippen LogP contribution in [-0.2, 0) is 33.9 Å². The molecular weight excluding hydrogens is 419 g/mol. The zero-order valence-electron chi connectivity index (χ0n) is 18.0. The fourth-order valence-electron chi connectivity index (χ4n) is 3.24. The number of ketones is 1. The molecule has 3 rings (SSSR count). The van der Waals surface area contributed by atoms with E-state index in [2.05, 4.69) is 0 Å². The Balaban J connectivity index is 1.94. The molecule has 2 aromatic carbocycles. The van der Waals surface area contributed by atoms with Gasteiger partial charge in [0, 0.05) is 0 Å². The van der Waals surface area contributed by atoms with E-state index >= 15 is 0 Å². The summed E-state index contributed by atoms with van der Waals surface area (Å²) in [6.45, 7) is 0. The lowest BCUT2D eigenvalue weighted by Gasteiger charge is -2.26. The van der Waals surface area contributed by atoms with Crippen LogP contribution >= 0.6 is 0 Å². The normalized spacial score (nSPS) is 19.1. The average Bonchev–Trinajstić information content (AvgIpc) is 2.97. The molecule has 0 fully saturated rings. The van der Waals surface area contributed by atoms with Gasteiger partial charge in [-0.2, -0.15) is 8.42 Å². The van der Waals surface area contributed by atoms with Gasteiger partial charge < -0.3 is 24.1 Å². The number of carbonyl (C=O) groups is 1. The summed E-state index contributed by atoms with van der Waals surface area (Å²) in [4.78, 5) is 13.2. The molecule has 0 radical (unpaired) electrons. The van der Waals surface area contributed by atoms with Gasteiger partial charge in [0.1, 0.15) is 15.7 Å². The van der Waals surface area contributed by atoms with Crippen LogP contribution in [0.3, 0.4) is 0 Å². The van der Waals surface area contributed by atoms with Crippen LogP contribution in [0.15, 0.2) is 60.2 Å². The molecule has 1 heterocycles. The molecule has 0 aromatic heterocycles. The largest absolute Gasteiger partial charge is 0.493 e. The van der Waals surface area contributed by atoms with Crippen LogP contribution < -0.4 is 15.2 Å². The molecule has 8 nitrogen and oxygen atoms in total. The third-order valence-electron chi connectivity index (χ3n) is 5.40. The van der Waals surface area contributed by atoms with E-state index in [0.29, 0.717) is 22.6 Å². The predicted molar refractivity (Wildman–Crippen MR) is 122 cm³/mol. The van der Waals surface area contributed by atoms with E-state index in [4.69, 9.17) is 24.1 Å². The van der Waals surface area contributed by atoms with Crippen molar-refractivity contribution in [1.82, 2.24) is 0 Å². The molecule has 0 saturated heterocycles. The van der Waals surface area contributed by atoms with Crippen molar-refractivity contribution in [2.24, 2.45) is 5.73 Å². The molecule has 0 amide bonds. The highest BCUT2D eigenvalue weighted by molar-refractivity contribution is 7.90. The van der Waals surface area contributed by atoms with Crippen molar-refractivity contribution in [3.05, 3.63) is 71.3 Å². The van der Waals surface area contributed by atoms with E-state index < -0.39 is 37.6 Å². The minimum absolute atomic E-state index is 0.378. The number of rotatable bonds is 7. The van der Waals surface area contributed by atoms with Crippen molar-refractivity contribution in [1.29, 1.82) is 0 Å². The molecule has 0 aliphatic carbocycles. The van der Waals surface area contributed by atoms with E-state index in [9.17, 15) is 13.2 Å². The molecular formula is C19H22B3NO7S. The summed E-state index contributed by atoms with van der Waals surface area (Å²) < 4.78 is 46.1. The molecule has 0 unspecified atom stereocenters. The van der Waals surface area contributed by atoms with Gasteiger partial charge in [-0.25, -0.2) is 0 Å². The molecule has 2 aromatic rings. The highest BCUT2D eigenvalue weighted by atomic mass is 32.2. The van der Waals surface area contributed by atoms with E-state index in [-0.39, 0.29) is 0 Å². The molecule has 0 saturated carbocycles. The standard InChI is InChI=1S/C19H22B3NO7S/c1-27-13-9-8-12(10-14(13)28-2)18(20)16(24)15(17(23)29-18)30-31(25,26)19(21,22)11-6-4-3-5-7-11/h3-10H,20-23H2,1-2H3/t18-/m0/s1. The minimum Gasteiger partial charge on any atom is -0.493 e. The number of carbonyl (C=O) groups excluding carboxylic acids is 1. The molecule has 0 bridgehead atoms. The smallest absolute Gasteiger partial charge is 0.304 e. The number of methoxy groups -OCH3 is 2. The van der Waals surface area contributed by atoms with Gasteiger partial charge in [-0.3, -0.25) is 4.79 Å². The maximum absolute atomic E-state index is 13.2. The Bertz CT molecular complexity index is 1150. The van der Waals surface area contributed by atoms with Gasteiger partial charge >= 0.3 is 10.1 Å². The van der Waals surface area contributed by atoms with Gasteiger partial charge in [-0.05, 0) is 23.3 Å². The number of ether oxygens (including phenoxy) is 3. The van der Waals surface area contributed by atoms with Crippen molar-refractivity contribution in [3.63, 3.8) is 0 Å². The van der Waals surface area contributed by atoms with Gasteiger partial charge in [0.05, 0.1) is 18.8 Å². The predicted octanol–water partition coefficient (Wildman–Crippen LogP) is -1.36. The average molecular weight is 441 g/mol. The van der Waals surface area contributed by atoms with Gasteiger partial charge in [0.2, 0.25) is 17.4 Å². The van der Waals surface area contributed by atoms with E-state index in [1.165, 1.54) is 37.8 Å². The second kappa shape index (κ2) is 7.92. The molecule has 1 aliphatic rings. The molecule has 12 heteroatoms. The topological polar surface area (TPSA) is 114 Å². The van der Waals surface area contributed by atoms with Crippen LogP contribution in [0.25, 0.3) is 0 Å². The Hall–Kier alpha value is -3.01. The third-order valence-corrected chi connectivity index (χ3v) is 7.27. The van der Waals surface area contributed by atoms with Crippen molar-refractivity contribution < 1.29 is 31.6 Å². The molecule has 2 N–H and O–H groups in total. The fraction of sp³-hybridized carbons (Fsp3) is 0.211. The van der Waals surface area contributed by atoms with Gasteiger partial charge in [0.25, 0.3) is 0 Å². The summed E-state index contributed by atoms with van der Waals surface area (Å²) in [5.41, 5.74) is 5.20. The number of hydrogen-bond donors (Lipinski definition) is 1. The summed E-state index contributed by atoms with van der Waals surface area (Å²) >= 11 is 0. The maximum atomic E-state index is 13.2. The molecule has 31 heavy (non-hydrogen) atoms. The van der Waals surface area contributed by atoms with Gasteiger partial charge in [-0.15, -0.1) is 0 Å². The Morgan fingerprint density at radius 1 is 1.03 bits per heavy atom. The molecule has 0 spiro atoms. The molecule has 1 aliphatic heterocycles. The van der Waals surface area contributed by atoms with Crippen LogP contribution in [0, 0.1) is 0 Å². The van der Waals surface area contributed by atoms with Crippen LogP contribution in [0.4, 0.5) is 0 Å². The minimum atomic E-state index is -4.30. The number of Topliss-reactive ketones (excluding diaryl/α,β-unsaturated/α-hetero) is 1. The van der Waals surface area contributed by atoms with E-state index in [1.54, 1.807) is 48.5 Å². The molecule has 160 valence electrons. The SMILES string of the molecule is BC(B)(c1ccccc1)S(=O)(=O)OC1=C(N)O[C@@](B)(c2ccc(OC)c(OC)c2)C1=O.